The Kier molecular flexibility index (Phi) is 6.40. The van der Waals surface area contributed by atoms with E-state index < -0.39 is 0 Å². The molecule has 2 saturated heterocycles. The summed E-state index contributed by atoms with van der Waals surface area (Å²) in [4.78, 5) is 17.8. The molecule has 4 rings (SSSR count). The lowest BCUT2D eigenvalue weighted by atomic mass is 9.99. The van der Waals surface area contributed by atoms with Crippen LogP contribution >= 0.6 is 11.6 Å². The largest absolute Gasteiger partial charge is 0.492 e. The number of piperidine rings is 2. The van der Waals surface area contributed by atoms with E-state index in [2.05, 4.69) is 15.1 Å². The first-order valence-electron chi connectivity index (χ1n) is 10.7. The van der Waals surface area contributed by atoms with Gasteiger partial charge in [0.25, 0.3) is 5.91 Å². The number of hydrogen-bond acceptors (Lipinski definition) is 4. The van der Waals surface area contributed by atoms with E-state index >= 15 is 0 Å². The van der Waals surface area contributed by atoms with Crippen LogP contribution in [0.2, 0.25) is 5.02 Å². The van der Waals surface area contributed by atoms with Crippen molar-refractivity contribution in [3.63, 3.8) is 0 Å². The molecule has 7 heteroatoms. The molecule has 0 atom stereocenters. The molecule has 2 fully saturated rings. The van der Waals surface area contributed by atoms with Gasteiger partial charge in [-0.2, -0.15) is 5.10 Å². The number of ether oxygens (including phenoxy) is 1. The Hall–Kier alpha value is -2.05. The second kappa shape index (κ2) is 9.18. The number of aromatic nitrogens is 2. The number of amides is 1. The number of benzene rings is 1. The maximum atomic E-state index is 13.2. The average molecular weight is 417 g/mol. The Morgan fingerprint density at radius 1 is 1.21 bits per heavy atom. The smallest absolute Gasteiger partial charge is 0.257 e. The average Bonchev–Trinajstić information content (AvgIpc) is 3.25. The van der Waals surface area contributed by atoms with E-state index in [1.165, 1.54) is 32.4 Å². The van der Waals surface area contributed by atoms with Crippen LogP contribution < -0.4 is 4.74 Å². The van der Waals surface area contributed by atoms with Gasteiger partial charge in [0.15, 0.2) is 0 Å². The van der Waals surface area contributed by atoms with Gasteiger partial charge in [-0.05, 0) is 63.9 Å². The van der Waals surface area contributed by atoms with E-state index in [0.29, 0.717) is 34.7 Å². The van der Waals surface area contributed by atoms with Gasteiger partial charge in [-0.25, -0.2) is 0 Å². The van der Waals surface area contributed by atoms with Crippen molar-refractivity contribution in [2.75, 3.05) is 32.8 Å². The summed E-state index contributed by atoms with van der Waals surface area (Å²) >= 11 is 6.34. The topological polar surface area (TPSA) is 61.5 Å². The molecule has 0 aliphatic carbocycles. The molecular formula is C22H29ClN4O2. The predicted octanol–water partition coefficient (Wildman–Crippen LogP) is 4.22. The maximum Gasteiger partial charge on any atom is 0.257 e. The molecule has 1 aromatic heterocycles. The molecule has 0 saturated carbocycles. The molecule has 29 heavy (non-hydrogen) atoms. The highest BCUT2D eigenvalue weighted by atomic mass is 35.5. The molecule has 1 N–H and O–H groups in total. The summed E-state index contributed by atoms with van der Waals surface area (Å²) in [6, 6.07) is 6.18. The van der Waals surface area contributed by atoms with E-state index in [4.69, 9.17) is 16.3 Å². The van der Waals surface area contributed by atoms with Crippen LogP contribution in [0.3, 0.4) is 0 Å². The number of H-pyrrole nitrogens is 1. The predicted molar refractivity (Wildman–Crippen MR) is 115 cm³/mol. The van der Waals surface area contributed by atoms with E-state index in [-0.39, 0.29) is 5.91 Å². The van der Waals surface area contributed by atoms with Gasteiger partial charge in [-0.1, -0.05) is 18.0 Å². The van der Waals surface area contributed by atoms with Crippen molar-refractivity contribution in [1.82, 2.24) is 20.0 Å². The fraction of sp³-hybridized carbons (Fsp3) is 0.545. The van der Waals surface area contributed by atoms with Crippen LogP contribution in [0.15, 0.2) is 24.4 Å². The lowest BCUT2D eigenvalue weighted by Gasteiger charge is -2.40. The first-order chi connectivity index (χ1) is 14.2. The van der Waals surface area contributed by atoms with E-state index in [9.17, 15) is 4.79 Å². The van der Waals surface area contributed by atoms with Gasteiger partial charge in [-0.15, -0.1) is 0 Å². The summed E-state index contributed by atoms with van der Waals surface area (Å²) in [7, 11) is 0. The third-order valence-electron chi connectivity index (χ3n) is 6.05. The minimum atomic E-state index is 0.0378. The quantitative estimate of drug-likeness (QED) is 0.792. The number of hydrogen-bond donors (Lipinski definition) is 1. The van der Waals surface area contributed by atoms with E-state index in [0.717, 1.165) is 31.5 Å². The normalized spacial score (nSPS) is 18.8. The fourth-order valence-corrected chi connectivity index (χ4v) is 4.72. The molecule has 0 spiro atoms. The molecule has 2 aliphatic heterocycles. The lowest BCUT2D eigenvalue weighted by molar-refractivity contribution is 0.0590. The fourth-order valence-electron chi connectivity index (χ4n) is 4.49. The zero-order valence-electron chi connectivity index (χ0n) is 17.0. The van der Waals surface area contributed by atoms with E-state index in [1.807, 2.05) is 30.0 Å². The molecule has 1 aromatic carbocycles. The number of rotatable bonds is 5. The zero-order valence-corrected chi connectivity index (χ0v) is 17.7. The number of carbonyl (C=O) groups excluding carboxylic acids is 1. The zero-order chi connectivity index (χ0) is 20.2. The van der Waals surface area contributed by atoms with Crippen LogP contribution in [0.5, 0.6) is 5.75 Å². The molecule has 0 bridgehead atoms. The number of halogens is 1. The van der Waals surface area contributed by atoms with E-state index in [1.54, 1.807) is 6.20 Å². The summed E-state index contributed by atoms with van der Waals surface area (Å²) < 4.78 is 5.50. The minimum absolute atomic E-state index is 0.0378. The number of carbonyl (C=O) groups is 1. The summed E-state index contributed by atoms with van der Waals surface area (Å²) in [5, 5.41) is 7.64. The molecule has 3 heterocycles. The van der Waals surface area contributed by atoms with Gasteiger partial charge >= 0.3 is 0 Å². The van der Waals surface area contributed by atoms with Crippen LogP contribution in [0, 0.1) is 0 Å². The summed E-state index contributed by atoms with van der Waals surface area (Å²) in [5.74, 6) is 0.681. The van der Waals surface area contributed by atoms with Gasteiger partial charge < -0.3 is 14.5 Å². The second-order valence-electron chi connectivity index (χ2n) is 7.86. The van der Waals surface area contributed by atoms with Crippen LogP contribution in [-0.2, 0) is 0 Å². The van der Waals surface area contributed by atoms with Crippen LogP contribution in [0.1, 0.15) is 49.4 Å². The maximum absolute atomic E-state index is 13.2. The Bertz CT molecular complexity index is 839. The standard InChI is InChI=1S/C22H29ClN4O2/c1-2-29-20-7-6-16(14-19(20)23)21-18(15-24-25-21)22(28)27-12-8-17(9-13-27)26-10-4-3-5-11-26/h6-7,14-15,17H,2-5,8-13H2,1H3,(H,24,25). The summed E-state index contributed by atoms with van der Waals surface area (Å²) in [6.07, 6.45) is 7.69. The van der Waals surface area contributed by atoms with Gasteiger partial charge in [0, 0.05) is 24.7 Å². The monoisotopic (exact) mass is 416 g/mol. The Labute approximate surface area is 177 Å². The van der Waals surface area contributed by atoms with Crippen molar-refractivity contribution in [2.45, 2.75) is 45.1 Å². The van der Waals surface area contributed by atoms with Crippen molar-refractivity contribution in [3.05, 3.63) is 35.0 Å². The minimum Gasteiger partial charge on any atom is -0.492 e. The molecule has 0 unspecified atom stereocenters. The lowest BCUT2D eigenvalue weighted by Crippen LogP contribution is -2.48. The second-order valence-corrected chi connectivity index (χ2v) is 8.26. The SMILES string of the molecule is CCOc1ccc(-c2[nH]ncc2C(=O)N2CCC(N3CCCCC3)CC2)cc1Cl. The van der Waals surface area contributed by atoms with Crippen LogP contribution in [-0.4, -0.2) is 64.7 Å². The third kappa shape index (κ3) is 4.43. The number of likely N-dealkylation sites (tertiary alicyclic amines) is 2. The Morgan fingerprint density at radius 3 is 2.66 bits per heavy atom. The van der Waals surface area contributed by atoms with Crippen LogP contribution in [0.25, 0.3) is 11.3 Å². The first kappa shape index (κ1) is 20.2. The Balaban J connectivity index is 1.44. The van der Waals surface area contributed by atoms with Gasteiger partial charge in [0.2, 0.25) is 0 Å². The van der Waals surface area contributed by atoms with Crippen molar-refractivity contribution in [2.24, 2.45) is 0 Å². The highest BCUT2D eigenvalue weighted by molar-refractivity contribution is 6.32. The van der Waals surface area contributed by atoms with Gasteiger partial charge in [-0.3, -0.25) is 9.89 Å². The van der Waals surface area contributed by atoms with Crippen molar-refractivity contribution < 1.29 is 9.53 Å². The van der Waals surface area contributed by atoms with Crippen LogP contribution in [0.4, 0.5) is 0 Å². The van der Waals surface area contributed by atoms with Gasteiger partial charge in [0.1, 0.15) is 5.75 Å². The van der Waals surface area contributed by atoms with Gasteiger partial charge in [0.05, 0.1) is 29.1 Å². The third-order valence-corrected chi connectivity index (χ3v) is 6.34. The molecule has 2 aliphatic rings. The van der Waals surface area contributed by atoms with Crippen molar-refractivity contribution >= 4 is 17.5 Å². The molecular weight excluding hydrogens is 388 g/mol. The highest BCUT2D eigenvalue weighted by Gasteiger charge is 2.29. The number of nitrogens with one attached hydrogen (secondary N) is 1. The Morgan fingerprint density at radius 2 is 1.97 bits per heavy atom. The number of nitrogens with zero attached hydrogens (tertiary/aromatic N) is 3. The molecule has 1 amide bonds. The summed E-state index contributed by atoms with van der Waals surface area (Å²) in [5.41, 5.74) is 2.14. The van der Waals surface area contributed by atoms with Crippen molar-refractivity contribution in [3.8, 4) is 17.0 Å². The summed E-state index contributed by atoms with van der Waals surface area (Å²) in [6.45, 7) is 6.50. The number of aromatic amines is 1. The first-order valence-corrected chi connectivity index (χ1v) is 11.0. The molecule has 0 radical (unpaired) electrons. The van der Waals surface area contributed by atoms with Crippen molar-refractivity contribution in [1.29, 1.82) is 0 Å². The molecule has 156 valence electrons. The molecule has 6 nitrogen and oxygen atoms in total. The molecule has 2 aromatic rings. The highest BCUT2D eigenvalue weighted by Crippen LogP contribution is 2.32.